The Morgan fingerprint density at radius 1 is 1.35 bits per heavy atom. The molecule has 0 unspecified atom stereocenters. The van der Waals surface area contributed by atoms with E-state index in [1.807, 2.05) is 28.8 Å². The van der Waals surface area contributed by atoms with Crippen LogP contribution in [-0.4, -0.2) is 50.3 Å². The molecular weight excluding hydrogens is 318 g/mol. The molecule has 7 heteroatoms. The molecule has 6 nitrogen and oxygen atoms in total. The average Bonchev–Trinajstić information content (AvgIpc) is 3.05. The van der Waals surface area contributed by atoms with E-state index in [1.54, 1.807) is 13.3 Å². The summed E-state index contributed by atoms with van der Waals surface area (Å²) in [5, 5.41) is 0.800. The Morgan fingerprint density at radius 2 is 2.13 bits per heavy atom. The number of nitrogens with zero attached hydrogens (tertiary/aromatic N) is 1. The van der Waals surface area contributed by atoms with Gasteiger partial charge in [-0.05, 0) is 12.5 Å². The van der Waals surface area contributed by atoms with Crippen LogP contribution in [0.1, 0.15) is 16.8 Å². The number of carbonyl (C=O) groups is 1. The van der Waals surface area contributed by atoms with Gasteiger partial charge in [-0.15, -0.1) is 0 Å². The first kappa shape index (κ1) is 16.0. The van der Waals surface area contributed by atoms with Gasteiger partial charge in [-0.2, -0.15) is 0 Å². The van der Waals surface area contributed by atoms with E-state index < -0.39 is 21.9 Å². The van der Waals surface area contributed by atoms with Crippen molar-refractivity contribution in [2.24, 2.45) is 0 Å². The van der Waals surface area contributed by atoms with Crippen LogP contribution in [0.2, 0.25) is 0 Å². The largest absolute Gasteiger partial charge is 0.458 e. The minimum atomic E-state index is -3.07. The van der Waals surface area contributed by atoms with Gasteiger partial charge in [0.25, 0.3) is 0 Å². The minimum absolute atomic E-state index is 0.0823. The number of esters is 1. The Labute approximate surface area is 134 Å². The second-order valence-electron chi connectivity index (χ2n) is 5.68. The zero-order chi connectivity index (χ0) is 16.4. The van der Waals surface area contributed by atoms with Gasteiger partial charge in [-0.3, -0.25) is 0 Å². The molecule has 3 rings (SSSR count). The SMILES string of the molecule is COCCn1cc(C(=O)O[C@H]2CCS(=O)(=O)C2)c2ccccc21. The second kappa shape index (κ2) is 6.33. The molecule has 2 aromatic rings. The van der Waals surface area contributed by atoms with Crippen molar-refractivity contribution < 1.29 is 22.7 Å². The molecule has 0 N–H and O–H groups in total. The molecule has 0 bridgehead atoms. The zero-order valence-electron chi connectivity index (χ0n) is 12.9. The number of carbonyl (C=O) groups excluding carboxylic acids is 1. The molecule has 1 aliphatic rings. The van der Waals surface area contributed by atoms with Crippen molar-refractivity contribution in [1.29, 1.82) is 0 Å². The lowest BCUT2D eigenvalue weighted by molar-refractivity contribution is 0.0358. The van der Waals surface area contributed by atoms with Gasteiger partial charge in [0.05, 0.1) is 23.7 Å². The summed E-state index contributed by atoms with van der Waals surface area (Å²) in [4.78, 5) is 12.5. The van der Waals surface area contributed by atoms with Crippen LogP contribution in [0.4, 0.5) is 0 Å². The van der Waals surface area contributed by atoms with Crippen molar-refractivity contribution in [3.63, 3.8) is 0 Å². The predicted molar refractivity (Wildman–Crippen MR) is 86.3 cm³/mol. The number of ether oxygens (including phenoxy) is 2. The van der Waals surface area contributed by atoms with Crippen LogP contribution in [0, 0.1) is 0 Å². The van der Waals surface area contributed by atoms with E-state index >= 15 is 0 Å². The molecule has 0 spiro atoms. The Bertz CT molecular complexity index is 824. The third kappa shape index (κ3) is 3.40. The van der Waals surface area contributed by atoms with E-state index in [2.05, 4.69) is 0 Å². The summed E-state index contributed by atoms with van der Waals surface area (Å²) in [6, 6.07) is 7.56. The van der Waals surface area contributed by atoms with Gasteiger partial charge < -0.3 is 14.0 Å². The fraction of sp³-hybridized carbons (Fsp3) is 0.438. The lowest BCUT2D eigenvalue weighted by atomic mass is 10.2. The summed E-state index contributed by atoms with van der Waals surface area (Å²) in [5.74, 6) is -0.471. The van der Waals surface area contributed by atoms with Gasteiger partial charge in [-0.1, -0.05) is 18.2 Å². The second-order valence-corrected chi connectivity index (χ2v) is 7.91. The summed E-state index contributed by atoms with van der Waals surface area (Å²) < 4.78 is 35.4. The Hall–Kier alpha value is -1.86. The molecule has 1 aromatic heterocycles. The maximum Gasteiger partial charge on any atom is 0.340 e. The van der Waals surface area contributed by atoms with E-state index in [9.17, 15) is 13.2 Å². The number of rotatable bonds is 5. The van der Waals surface area contributed by atoms with E-state index in [0.29, 0.717) is 25.1 Å². The fourth-order valence-electron chi connectivity index (χ4n) is 2.85. The highest BCUT2D eigenvalue weighted by molar-refractivity contribution is 7.91. The normalized spacial score (nSPS) is 20.0. The number of hydrogen-bond acceptors (Lipinski definition) is 5. The van der Waals surface area contributed by atoms with Gasteiger partial charge in [0.2, 0.25) is 0 Å². The maximum atomic E-state index is 12.5. The minimum Gasteiger partial charge on any atom is -0.458 e. The van der Waals surface area contributed by atoms with Gasteiger partial charge in [0.15, 0.2) is 9.84 Å². The Balaban J connectivity index is 1.85. The molecule has 0 aliphatic carbocycles. The van der Waals surface area contributed by atoms with E-state index in [-0.39, 0.29) is 11.5 Å². The first-order valence-electron chi connectivity index (χ1n) is 7.48. The smallest absolute Gasteiger partial charge is 0.340 e. The lowest BCUT2D eigenvalue weighted by Crippen LogP contribution is -2.19. The first-order chi connectivity index (χ1) is 11.0. The molecule has 23 heavy (non-hydrogen) atoms. The highest BCUT2D eigenvalue weighted by Crippen LogP contribution is 2.24. The number of fused-ring (bicyclic) bond motifs is 1. The predicted octanol–water partition coefficient (Wildman–Crippen LogP) is 1.63. The van der Waals surface area contributed by atoms with Crippen molar-refractivity contribution in [2.75, 3.05) is 25.2 Å². The number of sulfone groups is 1. The monoisotopic (exact) mass is 337 g/mol. The molecule has 0 saturated carbocycles. The fourth-order valence-corrected chi connectivity index (χ4v) is 4.44. The van der Waals surface area contributed by atoms with Crippen molar-refractivity contribution in [3.8, 4) is 0 Å². The number of hydrogen-bond donors (Lipinski definition) is 0. The van der Waals surface area contributed by atoms with Gasteiger partial charge in [0, 0.05) is 30.8 Å². The van der Waals surface area contributed by atoms with Crippen LogP contribution in [0.3, 0.4) is 0 Å². The highest BCUT2D eigenvalue weighted by atomic mass is 32.2. The van der Waals surface area contributed by atoms with E-state index in [0.717, 1.165) is 10.9 Å². The summed E-state index contributed by atoms with van der Waals surface area (Å²) in [6.45, 7) is 1.16. The first-order valence-corrected chi connectivity index (χ1v) is 9.30. The standard InChI is InChI=1S/C16H19NO5S/c1-21-8-7-17-10-14(13-4-2-3-5-15(13)17)16(18)22-12-6-9-23(19,20)11-12/h2-5,10,12H,6-9,11H2,1H3/t12-/m0/s1. The van der Waals surface area contributed by atoms with Crippen molar-refractivity contribution in [1.82, 2.24) is 4.57 Å². The number of benzene rings is 1. The van der Waals surface area contributed by atoms with Gasteiger partial charge >= 0.3 is 5.97 Å². The van der Waals surface area contributed by atoms with Crippen LogP contribution in [0.15, 0.2) is 30.5 Å². The van der Waals surface area contributed by atoms with Crippen LogP contribution in [0.5, 0.6) is 0 Å². The summed E-state index contributed by atoms with van der Waals surface area (Å²) >= 11 is 0. The maximum absolute atomic E-state index is 12.5. The summed E-state index contributed by atoms with van der Waals surface area (Å²) in [5.41, 5.74) is 1.39. The highest BCUT2D eigenvalue weighted by Gasteiger charge is 2.31. The molecular formula is C16H19NO5S. The summed E-state index contributed by atoms with van der Waals surface area (Å²) in [6.07, 6.45) is 1.57. The molecule has 124 valence electrons. The van der Waals surface area contributed by atoms with E-state index in [1.165, 1.54) is 0 Å². The molecule has 1 saturated heterocycles. The van der Waals surface area contributed by atoms with Crippen molar-refractivity contribution in [2.45, 2.75) is 19.1 Å². The van der Waals surface area contributed by atoms with Gasteiger partial charge in [0.1, 0.15) is 6.10 Å². The lowest BCUT2D eigenvalue weighted by Gasteiger charge is -2.09. The molecule has 0 radical (unpaired) electrons. The number of methoxy groups -OCH3 is 1. The van der Waals surface area contributed by atoms with Crippen LogP contribution >= 0.6 is 0 Å². The Morgan fingerprint density at radius 3 is 2.83 bits per heavy atom. The third-order valence-electron chi connectivity index (χ3n) is 4.01. The molecule has 1 fully saturated rings. The molecule has 2 heterocycles. The van der Waals surface area contributed by atoms with E-state index in [4.69, 9.17) is 9.47 Å². The average molecular weight is 337 g/mol. The number of para-hydroxylation sites is 1. The van der Waals surface area contributed by atoms with Crippen LogP contribution in [-0.2, 0) is 25.9 Å². The van der Waals surface area contributed by atoms with Gasteiger partial charge in [-0.25, -0.2) is 13.2 Å². The molecule has 1 aromatic carbocycles. The van der Waals surface area contributed by atoms with Crippen molar-refractivity contribution >= 4 is 26.7 Å². The molecule has 1 atom stereocenters. The quantitative estimate of drug-likeness (QED) is 0.775. The van der Waals surface area contributed by atoms with Crippen LogP contribution in [0.25, 0.3) is 10.9 Å². The zero-order valence-corrected chi connectivity index (χ0v) is 13.7. The molecule has 0 amide bonds. The topological polar surface area (TPSA) is 74.6 Å². The van der Waals surface area contributed by atoms with Crippen molar-refractivity contribution in [3.05, 3.63) is 36.0 Å². The Kier molecular flexibility index (Phi) is 4.41. The number of aromatic nitrogens is 1. The summed E-state index contributed by atoms with van der Waals surface area (Å²) in [7, 11) is -1.45. The van der Waals surface area contributed by atoms with Crippen LogP contribution < -0.4 is 0 Å². The third-order valence-corrected chi connectivity index (χ3v) is 5.75. The molecule has 1 aliphatic heterocycles.